The molecule has 2 aromatic rings. The summed E-state index contributed by atoms with van der Waals surface area (Å²) in [6.45, 7) is 0.228. The molecule has 2 rings (SSSR count). The van der Waals surface area contributed by atoms with Gasteiger partial charge in [-0.1, -0.05) is 0 Å². The molecule has 0 aliphatic heterocycles. The molecule has 2 aromatic heterocycles. The van der Waals surface area contributed by atoms with Crippen LogP contribution in [0.3, 0.4) is 0 Å². The van der Waals surface area contributed by atoms with Crippen molar-refractivity contribution in [2.75, 3.05) is 6.54 Å². The molecule has 0 unspecified atom stereocenters. The summed E-state index contributed by atoms with van der Waals surface area (Å²) in [6, 6.07) is 1.12. The van der Waals surface area contributed by atoms with Crippen LogP contribution < -0.4 is 5.32 Å². The third-order valence-corrected chi connectivity index (χ3v) is 2.37. The van der Waals surface area contributed by atoms with Gasteiger partial charge in [0.2, 0.25) is 5.95 Å². The number of hydrogen-bond acceptors (Lipinski definition) is 4. The fourth-order valence-electron chi connectivity index (χ4n) is 1.48. The van der Waals surface area contributed by atoms with Crippen LogP contribution in [0.15, 0.2) is 18.6 Å². The minimum atomic E-state index is -1.29. The molecule has 8 heteroatoms. The van der Waals surface area contributed by atoms with Crippen molar-refractivity contribution >= 4 is 5.91 Å². The molecule has 0 saturated carbocycles. The average Bonchev–Trinajstić information content (AvgIpc) is 2.78. The molecule has 0 spiro atoms. The van der Waals surface area contributed by atoms with E-state index in [9.17, 15) is 13.6 Å². The number of aromatic nitrogens is 4. The number of nitrogens with one attached hydrogen (secondary N) is 1. The summed E-state index contributed by atoms with van der Waals surface area (Å²) in [4.78, 5) is 18.7. The van der Waals surface area contributed by atoms with Crippen LogP contribution in [0.2, 0.25) is 0 Å². The smallest absolute Gasteiger partial charge is 0.254 e. The number of halogens is 2. The monoisotopic (exact) mass is 267 g/mol. The number of pyridine rings is 1. The molecule has 0 aliphatic carbocycles. The highest BCUT2D eigenvalue weighted by molar-refractivity contribution is 5.94. The molecule has 0 fully saturated rings. The normalized spacial score (nSPS) is 10.5. The molecule has 0 atom stereocenters. The van der Waals surface area contributed by atoms with E-state index in [1.807, 2.05) is 0 Å². The first-order chi connectivity index (χ1) is 9.08. The molecular weight excluding hydrogens is 256 g/mol. The molecule has 0 aliphatic rings. The molecule has 1 amide bonds. The van der Waals surface area contributed by atoms with Gasteiger partial charge in [-0.3, -0.25) is 9.48 Å². The average molecular weight is 267 g/mol. The Morgan fingerprint density at radius 3 is 2.89 bits per heavy atom. The highest BCUT2D eigenvalue weighted by Gasteiger charge is 2.15. The van der Waals surface area contributed by atoms with Gasteiger partial charge in [0.15, 0.2) is 11.6 Å². The Bertz CT molecular complexity index is 599. The molecule has 19 heavy (non-hydrogen) atoms. The third-order valence-electron chi connectivity index (χ3n) is 2.37. The lowest BCUT2D eigenvalue weighted by atomic mass is 10.2. The fourth-order valence-corrected chi connectivity index (χ4v) is 1.48. The quantitative estimate of drug-likeness (QED) is 0.817. The van der Waals surface area contributed by atoms with Crippen molar-refractivity contribution < 1.29 is 13.6 Å². The first kappa shape index (κ1) is 13.1. The standard InChI is InChI=1S/C11H11F2N5O/c1-18-6-16-8(17-18)3-5-15-11(19)7-2-4-14-10(13)9(7)12/h2,4,6H,3,5H2,1H3,(H,15,19). The van der Waals surface area contributed by atoms with Crippen molar-refractivity contribution in [3.8, 4) is 0 Å². The SMILES string of the molecule is Cn1cnc(CCNC(=O)c2ccnc(F)c2F)n1. The summed E-state index contributed by atoms with van der Waals surface area (Å²) in [6.07, 6.45) is 2.98. The topological polar surface area (TPSA) is 72.7 Å². The zero-order valence-electron chi connectivity index (χ0n) is 10.1. The Hall–Kier alpha value is -2.38. The minimum Gasteiger partial charge on any atom is -0.351 e. The van der Waals surface area contributed by atoms with Crippen LogP contribution in [0.25, 0.3) is 0 Å². The van der Waals surface area contributed by atoms with E-state index in [1.165, 1.54) is 11.0 Å². The lowest BCUT2D eigenvalue weighted by Gasteiger charge is -2.04. The maximum absolute atomic E-state index is 13.3. The molecule has 1 N–H and O–H groups in total. The van der Waals surface area contributed by atoms with Gasteiger partial charge in [0.05, 0.1) is 5.56 Å². The van der Waals surface area contributed by atoms with Gasteiger partial charge in [0.1, 0.15) is 6.33 Å². The Kier molecular flexibility index (Phi) is 3.79. The number of hydrogen-bond donors (Lipinski definition) is 1. The molecule has 2 heterocycles. The predicted molar refractivity (Wildman–Crippen MR) is 61.2 cm³/mol. The van der Waals surface area contributed by atoms with Crippen molar-refractivity contribution in [3.05, 3.63) is 41.7 Å². The Morgan fingerprint density at radius 2 is 2.21 bits per heavy atom. The van der Waals surface area contributed by atoms with E-state index in [4.69, 9.17) is 0 Å². The van der Waals surface area contributed by atoms with E-state index in [2.05, 4.69) is 20.4 Å². The highest BCUT2D eigenvalue weighted by atomic mass is 19.2. The number of carbonyl (C=O) groups is 1. The van der Waals surface area contributed by atoms with E-state index < -0.39 is 17.7 Å². The van der Waals surface area contributed by atoms with Crippen LogP contribution in [0.1, 0.15) is 16.2 Å². The Labute approximate surface area is 107 Å². The van der Waals surface area contributed by atoms with Gasteiger partial charge in [-0.15, -0.1) is 0 Å². The summed E-state index contributed by atoms with van der Waals surface area (Å²) in [7, 11) is 1.73. The van der Waals surface area contributed by atoms with Crippen molar-refractivity contribution in [2.24, 2.45) is 7.05 Å². The van der Waals surface area contributed by atoms with Gasteiger partial charge in [-0.2, -0.15) is 9.49 Å². The van der Waals surface area contributed by atoms with Crippen molar-refractivity contribution in [2.45, 2.75) is 6.42 Å². The highest BCUT2D eigenvalue weighted by Crippen LogP contribution is 2.08. The Balaban J connectivity index is 1.93. The van der Waals surface area contributed by atoms with Gasteiger partial charge in [0.25, 0.3) is 5.91 Å². The number of amides is 1. The maximum atomic E-state index is 13.3. The summed E-state index contributed by atoms with van der Waals surface area (Å²) >= 11 is 0. The molecule has 0 aromatic carbocycles. The molecule has 0 saturated heterocycles. The van der Waals surface area contributed by atoms with Crippen LogP contribution in [0.4, 0.5) is 8.78 Å². The minimum absolute atomic E-state index is 0.228. The van der Waals surface area contributed by atoms with Crippen LogP contribution in [-0.4, -0.2) is 32.2 Å². The second-order valence-electron chi connectivity index (χ2n) is 3.80. The maximum Gasteiger partial charge on any atom is 0.254 e. The predicted octanol–water partition coefficient (Wildman–Crippen LogP) is 0.461. The zero-order chi connectivity index (χ0) is 13.8. The number of nitrogens with zero attached hydrogens (tertiary/aromatic N) is 4. The molecule has 0 radical (unpaired) electrons. The molecular formula is C11H11F2N5O. The first-order valence-corrected chi connectivity index (χ1v) is 5.50. The van der Waals surface area contributed by atoms with Gasteiger partial charge in [0, 0.05) is 26.2 Å². The largest absolute Gasteiger partial charge is 0.351 e. The summed E-state index contributed by atoms with van der Waals surface area (Å²) in [5.74, 6) is -2.69. The van der Waals surface area contributed by atoms with E-state index in [1.54, 1.807) is 7.05 Å². The van der Waals surface area contributed by atoms with E-state index in [-0.39, 0.29) is 12.1 Å². The zero-order valence-corrected chi connectivity index (χ0v) is 10.1. The second kappa shape index (κ2) is 5.51. The fraction of sp³-hybridized carbons (Fsp3) is 0.273. The van der Waals surface area contributed by atoms with Crippen LogP contribution >= 0.6 is 0 Å². The van der Waals surface area contributed by atoms with Gasteiger partial charge >= 0.3 is 0 Å². The van der Waals surface area contributed by atoms with E-state index in [0.29, 0.717) is 12.2 Å². The van der Waals surface area contributed by atoms with Crippen molar-refractivity contribution in [1.29, 1.82) is 0 Å². The Morgan fingerprint density at radius 1 is 1.42 bits per heavy atom. The number of rotatable bonds is 4. The summed E-state index contributed by atoms with van der Waals surface area (Å²) < 4.78 is 27.7. The molecule has 100 valence electrons. The van der Waals surface area contributed by atoms with Crippen molar-refractivity contribution in [1.82, 2.24) is 25.1 Å². The summed E-state index contributed by atoms with van der Waals surface area (Å²) in [5, 5.41) is 6.48. The molecule has 0 bridgehead atoms. The first-order valence-electron chi connectivity index (χ1n) is 5.50. The second-order valence-corrected chi connectivity index (χ2v) is 3.80. The lowest BCUT2D eigenvalue weighted by molar-refractivity contribution is 0.0948. The van der Waals surface area contributed by atoms with Crippen LogP contribution in [0.5, 0.6) is 0 Å². The summed E-state index contributed by atoms with van der Waals surface area (Å²) in [5.41, 5.74) is -0.374. The van der Waals surface area contributed by atoms with Crippen LogP contribution in [0, 0.1) is 11.8 Å². The third kappa shape index (κ3) is 3.09. The van der Waals surface area contributed by atoms with Gasteiger partial charge in [-0.25, -0.2) is 14.4 Å². The number of aryl methyl sites for hydroxylation is 1. The molecule has 6 nitrogen and oxygen atoms in total. The van der Waals surface area contributed by atoms with Gasteiger partial charge in [-0.05, 0) is 6.07 Å². The number of carbonyl (C=O) groups excluding carboxylic acids is 1. The van der Waals surface area contributed by atoms with Crippen LogP contribution in [-0.2, 0) is 13.5 Å². The van der Waals surface area contributed by atoms with Gasteiger partial charge < -0.3 is 5.32 Å². The van der Waals surface area contributed by atoms with E-state index >= 15 is 0 Å². The van der Waals surface area contributed by atoms with Crippen molar-refractivity contribution in [3.63, 3.8) is 0 Å². The van der Waals surface area contributed by atoms with E-state index in [0.717, 1.165) is 12.3 Å². The lowest BCUT2D eigenvalue weighted by Crippen LogP contribution is -2.27.